The molecule has 0 unspecified atom stereocenters. The van der Waals surface area contributed by atoms with E-state index in [1.807, 2.05) is 28.8 Å². The molecule has 3 aromatic rings. The summed E-state index contributed by atoms with van der Waals surface area (Å²) in [6.45, 7) is 0. The number of anilines is 1. The lowest BCUT2D eigenvalue weighted by molar-refractivity contribution is -0.111. The van der Waals surface area contributed by atoms with Crippen molar-refractivity contribution in [2.24, 2.45) is 0 Å². The van der Waals surface area contributed by atoms with Gasteiger partial charge in [0.1, 0.15) is 11.5 Å². The van der Waals surface area contributed by atoms with Gasteiger partial charge in [-0.1, -0.05) is 17.7 Å². The number of hydrogen-bond donors (Lipinski definition) is 1. The van der Waals surface area contributed by atoms with Gasteiger partial charge in [0.05, 0.1) is 16.9 Å². The monoisotopic (exact) mass is 315 g/mol. The number of hydrogen-bond acceptors (Lipinski definition) is 2. The van der Waals surface area contributed by atoms with E-state index < -0.39 is 5.82 Å². The topological polar surface area (TPSA) is 46.4 Å². The maximum atomic E-state index is 13.1. The molecule has 0 saturated heterocycles. The SMILES string of the molecule is O=C(/C=C/c1cnc2ccccn12)Nc1ccc(F)c(Cl)c1. The van der Waals surface area contributed by atoms with E-state index in [1.54, 1.807) is 12.3 Å². The highest BCUT2D eigenvalue weighted by molar-refractivity contribution is 6.31. The van der Waals surface area contributed by atoms with Crippen molar-refractivity contribution in [3.8, 4) is 0 Å². The summed E-state index contributed by atoms with van der Waals surface area (Å²) in [6, 6.07) is 9.65. The second-order valence-corrected chi connectivity index (χ2v) is 4.97. The number of pyridine rings is 1. The van der Waals surface area contributed by atoms with Crippen LogP contribution in [-0.2, 0) is 4.79 Å². The van der Waals surface area contributed by atoms with Crippen LogP contribution >= 0.6 is 11.6 Å². The summed E-state index contributed by atoms with van der Waals surface area (Å²) in [5.41, 5.74) is 2.01. The molecule has 0 aliphatic heterocycles. The molecule has 22 heavy (non-hydrogen) atoms. The molecule has 6 heteroatoms. The number of imidazole rings is 1. The number of rotatable bonds is 3. The van der Waals surface area contributed by atoms with Crippen LogP contribution < -0.4 is 5.32 Å². The number of amides is 1. The van der Waals surface area contributed by atoms with Gasteiger partial charge in [0.25, 0.3) is 0 Å². The minimum absolute atomic E-state index is 0.0384. The summed E-state index contributed by atoms with van der Waals surface area (Å²) < 4.78 is 14.9. The van der Waals surface area contributed by atoms with Crippen molar-refractivity contribution in [2.75, 3.05) is 5.32 Å². The van der Waals surface area contributed by atoms with Crippen molar-refractivity contribution in [2.45, 2.75) is 0 Å². The number of carbonyl (C=O) groups is 1. The zero-order valence-electron chi connectivity index (χ0n) is 11.3. The number of halogens is 2. The lowest BCUT2D eigenvalue weighted by Crippen LogP contribution is -2.07. The summed E-state index contributed by atoms with van der Waals surface area (Å²) >= 11 is 5.67. The minimum Gasteiger partial charge on any atom is -0.322 e. The van der Waals surface area contributed by atoms with Crippen molar-refractivity contribution in [1.82, 2.24) is 9.38 Å². The van der Waals surface area contributed by atoms with Crippen LogP contribution in [0.3, 0.4) is 0 Å². The maximum Gasteiger partial charge on any atom is 0.248 e. The molecule has 0 saturated carbocycles. The summed E-state index contributed by atoms with van der Waals surface area (Å²) in [6.07, 6.45) is 6.57. The number of nitrogens with zero attached hydrogens (tertiary/aromatic N) is 2. The zero-order chi connectivity index (χ0) is 15.5. The van der Waals surface area contributed by atoms with Crippen molar-refractivity contribution in [1.29, 1.82) is 0 Å². The summed E-state index contributed by atoms with van der Waals surface area (Å²) in [4.78, 5) is 16.1. The molecule has 110 valence electrons. The number of carbonyl (C=O) groups excluding carboxylic acids is 1. The Morgan fingerprint density at radius 2 is 2.18 bits per heavy atom. The van der Waals surface area contributed by atoms with Gasteiger partial charge < -0.3 is 9.72 Å². The van der Waals surface area contributed by atoms with Crippen LogP contribution in [0.5, 0.6) is 0 Å². The number of aromatic nitrogens is 2. The fourth-order valence-electron chi connectivity index (χ4n) is 1.99. The molecule has 0 aliphatic carbocycles. The van der Waals surface area contributed by atoms with Crippen molar-refractivity contribution >= 4 is 34.9 Å². The van der Waals surface area contributed by atoms with E-state index in [0.717, 1.165) is 11.3 Å². The Bertz CT molecular complexity index is 873. The third-order valence-electron chi connectivity index (χ3n) is 3.04. The standard InChI is InChI=1S/C16H11ClFN3O/c17-13-9-11(4-6-14(13)18)20-16(22)7-5-12-10-19-15-3-1-2-8-21(12)15/h1-10H,(H,20,22)/b7-5+. The fourth-order valence-corrected chi connectivity index (χ4v) is 2.17. The molecule has 1 N–H and O–H groups in total. The average molecular weight is 316 g/mol. The molecule has 4 nitrogen and oxygen atoms in total. The molecule has 2 heterocycles. The molecular formula is C16H11ClFN3O. The predicted molar refractivity (Wildman–Crippen MR) is 84.3 cm³/mol. The lowest BCUT2D eigenvalue weighted by atomic mass is 10.3. The second-order valence-electron chi connectivity index (χ2n) is 4.56. The van der Waals surface area contributed by atoms with Crippen LogP contribution in [0, 0.1) is 5.82 Å². The van der Waals surface area contributed by atoms with Crippen LogP contribution in [0.2, 0.25) is 5.02 Å². The van der Waals surface area contributed by atoms with Gasteiger partial charge in [0, 0.05) is 18.0 Å². The Hall–Kier alpha value is -2.66. The van der Waals surface area contributed by atoms with E-state index in [1.165, 1.54) is 24.3 Å². The van der Waals surface area contributed by atoms with Crippen LogP contribution in [0.1, 0.15) is 5.69 Å². The first-order valence-corrected chi connectivity index (χ1v) is 6.87. The quantitative estimate of drug-likeness (QED) is 0.748. The molecule has 0 fully saturated rings. The van der Waals surface area contributed by atoms with Gasteiger partial charge in [-0.15, -0.1) is 0 Å². The van der Waals surface area contributed by atoms with E-state index in [0.29, 0.717) is 5.69 Å². The van der Waals surface area contributed by atoms with E-state index in [4.69, 9.17) is 11.6 Å². The second kappa shape index (κ2) is 5.99. The summed E-state index contributed by atoms with van der Waals surface area (Å²) in [7, 11) is 0. The van der Waals surface area contributed by atoms with Crippen LogP contribution in [0.25, 0.3) is 11.7 Å². The Labute approximate surface area is 130 Å². The Balaban J connectivity index is 1.74. The molecule has 2 aromatic heterocycles. The van der Waals surface area contributed by atoms with E-state index in [-0.39, 0.29) is 10.9 Å². The number of fused-ring (bicyclic) bond motifs is 1. The first kappa shape index (κ1) is 14.3. The molecule has 3 rings (SSSR count). The summed E-state index contributed by atoms with van der Waals surface area (Å²) in [5.74, 6) is -0.866. The van der Waals surface area contributed by atoms with Gasteiger partial charge in [-0.05, 0) is 36.4 Å². The largest absolute Gasteiger partial charge is 0.322 e. The average Bonchev–Trinajstić information content (AvgIpc) is 2.92. The molecular weight excluding hydrogens is 305 g/mol. The van der Waals surface area contributed by atoms with Crippen molar-refractivity contribution in [3.05, 3.63) is 71.4 Å². The smallest absolute Gasteiger partial charge is 0.248 e. The molecule has 1 aromatic carbocycles. The van der Waals surface area contributed by atoms with Crippen LogP contribution in [0.15, 0.2) is 54.9 Å². The maximum absolute atomic E-state index is 13.1. The highest BCUT2D eigenvalue weighted by Gasteiger charge is 2.04. The molecule has 0 atom stereocenters. The van der Waals surface area contributed by atoms with Gasteiger partial charge in [0.2, 0.25) is 5.91 Å². The highest BCUT2D eigenvalue weighted by atomic mass is 35.5. The first-order chi connectivity index (χ1) is 10.6. The molecule has 0 radical (unpaired) electrons. The first-order valence-electron chi connectivity index (χ1n) is 6.50. The Morgan fingerprint density at radius 3 is 3.00 bits per heavy atom. The van der Waals surface area contributed by atoms with Gasteiger partial charge in [-0.2, -0.15) is 0 Å². The van der Waals surface area contributed by atoms with Gasteiger partial charge in [0.15, 0.2) is 0 Å². The zero-order valence-corrected chi connectivity index (χ0v) is 12.1. The molecule has 0 aliphatic rings. The normalized spacial score (nSPS) is 11.2. The van der Waals surface area contributed by atoms with Gasteiger partial charge >= 0.3 is 0 Å². The predicted octanol–water partition coefficient (Wildman–Crippen LogP) is 3.78. The van der Waals surface area contributed by atoms with Crippen molar-refractivity contribution < 1.29 is 9.18 Å². The van der Waals surface area contributed by atoms with E-state index >= 15 is 0 Å². The Kier molecular flexibility index (Phi) is 3.89. The van der Waals surface area contributed by atoms with Crippen LogP contribution in [0.4, 0.5) is 10.1 Å². The third-order valence-corrected chi connectivity index (χ3v) is 3.33. The van der Waals surface area contributed by atoms with Gasteiger partial charge in [-0.25, -0.2) is 9.37 Å². The summed E-state index contributed by atoms with van der Waals surface area (Å²) in [5, 5.41) is 2.58. The third kappa shape index (κ3) is 2.99. The highest BCUT2D eigenvalue weighted by Crippen LogP contribution is 2.19. The molecule has 0 spiro atoms. The minimum atomic E-state index is -0.527. The number of benzene rings is 1. The number of nitrogens with one attached hydrogen (secondary N) is 1. The molecule has 0 bridgehead atoms. The lowest BCUT2D eigenvalue weighted by Gasteiger charge is -2.03. The van der Waals surface area contributed by atoms with E-state index in [9.17, 15) is 9.18 Å². The van der Waals surface area contributed by atoms with Crippen molar-refractivity contribution in [3.63, 3.8) is 0 Å². The van der Waals surface area contributed by atoms with E-state index in [2.05, 4.69) is 10.3 Å². The fraction of sp³-hybridized carbons (Fsp3) is 0. The van der Waals surface area contributed by atoms with Crippen LogP contribution in [-0.4, -0.2) is 15.3 Å². The van der Waals surface area contributed by atoms with Gasteiger partial charge in [-0.3, -0.25) is 4.79 Å². The molecule has 1 amide bonds. The Morgan fingerprint density at radius 1 is 1.32 bits per heavy atom.